The van der Waals surface area contributed by atoms with Gasteiger partial charge in [0.2, 0.25) is 5.13 Å². The largest absolute Gasteiger partial charge is 0.374 e. The molecule has 0 radical (unpaired) electrons. The van der Waals surface area contributed by atoms with Crippen molar-refractivity contribution in [3.63, 3.8) is 0 Å². The zero-order valence-corrected chi connectivity index (χ0v) is 8.55. The Morgan fingerprint density at radius 2 is 2.31 bits per heavy atom. The molecule has 2 rings (SSSR count). The SMILES string of the molecule is CN(Cc1nnc(N)s1)C1CCC1. The lowest BCUT2D eigenvalue weighted by Crippen LogP contribution is -2.36. The molecule has 0 amide bonds. The molecule has 0 aliphatic heterocycles. The number of hydrogen-bond acceptors (Lipinski definition) is 5. The van der Waals surface area contributed by atoms with Gasteiger partial charge in [0.1, 0.15) is 5.01 Å². The van der Waals surface area contributed by atoms with Crippen molar-refractivity contribution < 1.29 is 0 Å². The average molecular weight is 198 g/mol. The van der Waals surface area contributed by atoms with E-state index in [-0.39, 0.29) is 0 Å². The first-order valence-corrected chi connectivity index (χ1v) is 5.35. The monoisotopic (exact) mass is 198 g/mol. The van der Waals surface area contributed by atoms with Crippen LogP contribution in [0.25, 0.3) is 0 Å². The number of rotatable bonds is 3. The van der Waals surface area contributed by atoms with Crippen LogP contribution in [0.5, 0.6) is 0 Å². The quantitative estimate of drug-likeness (QED) is 0.790. The number of anilines is 1. The fraction of sp³-hybridized carbons (Fsp3) is 0.750. The number of nitrogens with two attached hydrogens (primary N) is 1. The first-order valence-electron chi connectivity index (χ1n) is 4.54. The molecule has 1 fully saturated rings. The number of hydrogen-bond donors (Lipinski definition) is 1. The van der Waals surface area contributed by atoms with Crippen molar-refractivity contribution >= 4 is 16.5 Å². The summed E-state index contributed by atoms with van der Waals surface area (Å²) < 4.78 is 0. The highest BCUT2D eigenvalue weighted by molar-refractivity contribution is 7.15. The molecular weight excluding hydrogens is 184 g/mol. The van der Waals surface area contributed by atoms with Gasteiger partial charge < -0.3 is 5.73 Å². The zero-order valence-electron chi connectivity index (χ0n) is 7.73. The van der Waals surface area contributed by atoms with Gasteiger partial charge in [0.15, 0.2) is 0 Å². The van der Waals surface area contributed by atoms with E-state index in [0.717, 1.165) is 17.6 Å². The lowest BCUT2D eigenvalue weighted by molar-refractivity contribution is 0.152. The Labute approximate surface area is 81.8 Å². The fourth-order valence-corrected chi connectivity index (χ4v) is 2.17. The lowest BCUT2D eigenvalue weighted by Gasteiger charge is -2.33. The van der Waals surface area contributed by atoms with Crippen molar-refractivity contribution in [1.82, 2.24) is 15.1 Å². The molecule has 1 heterocycles. The standard InChI is InChI=1S/C8H14N4S/c1-12(6-3-2-4-6)5-7-10-11-8(9)13-7/h6H,2-5H2,1H3,(H2,9,11). The van der Waals surface area contributed by atoms with E-state index in [1.807, 2.05) is 0 Å². The van der Waals surface area contributed by atoms with Crippen LogP contribution in [0, 0.1) is 0 Å². The molecule has 1 aliphatic carbocycles. The first-order chi connectivity index (χ1) is 6.25. The van der Waals surface area contributed by atoms with Crippen LogP contribution >= 0.6 is 11.3 Å². The van der Waals surface area contributed by atoms with Crippen molar-refractivity contribution in [3.05, 3.63) is 5.01 Å². The zero-order chi connectivity index (χ0) is 9.26. The molecule has 1 aromatic rings. The normalized spacial score (nSPS) is 17.7. The molecule has 4 nitrogen and oxygen atoms in total. The molecule has 0 spiro atoms. The molecular formula is C8H14N4S. The van der Waals surface area contributed by atoms with Crippen LogP contribution in [0.3, 0.4) is 0 Å². The van der Waals surface area contributed by atoms with Gasteiger partial charge in [-0.1, -0.05) is 17.8 Å². The summed E-state index contributed by atoms with van der Waals surface area (Å²) in [4.78, 5) is 2.34. The summed E-state index contributed by atoms with van der Waals surface area (Å²) in [6.45, 7) is 0.888. The van der Waals surface area contributed by atoms with E-state index in [2.05, 4.69) is 22.1 Å². The Kier molecular flexibility index (Phi) is 2.46. The number of nitrogen functional groups attached to an aromatic ring is 1. The molecule has 5 heteroatoms. The van der Waals surface area contributed by atoms with Crippen LogP contribution in [0.15, 0.2) is 0 Å². The van der Waals surface area contributed by atoms with Crippen molar-refractivity contribution in [1.29, 1.82) is 0 Å². The molecule has 0 aromatic carbocycles. The molecule has 1 saturated carbocycles. The Morgan fingerprint density at radius 1 is 1.54 bits per heavy atom. The van der Waals surface area contributed by atoms with E-state index in [1.165, 1.54) is 30.6 Å². The van der Waals surface area contributed by atoms with Gasteiger partial charge in [-0.3, -0.25) is 4.90 Å². The molecule has 1 aliphatic rings. The summed E-state index contributed by atoms with van der Waals surface area (Å²) >= 11 is 1.48. The first kappa shape index (κ1) is 8.90. The van der Waals surface area contributed by atoms with Gasteiger partial charge in [0.25, 0.3) is 0 Å². The lowest BCUT2D eigenvalue weighted by atomic mass is 9.92. The van der Waals surface area contributed by atoms with Crippen LogP contribution in [0.2, 0.25) is 0 Å². The summed E-state index contributed by atoms with van der Waals surface area (Å²) in [5.74, 6) is 0. The highest BCUT2D eigenvalue weighted by Crippen LogP contribution is 2.25. The highest BCUT2D eigenvalue weighted by atomic mass is 32.1. The van der Waals surface area contributed by atoms with Gasteiger partial charge in [-0.2, -0.15) is 0 Å². The second-order valence-electron chi connectivity index (χ2n) is 3.53. The number of nitrogens with zero attached hydrogens (tertiary/aromatic N) is 3. The second kappa shape index (κ2) is 3.59. The topological polar surface area (TPSA) is 55.0 Å². The predicted octanol–water partition coefficient (Wildman–Crippen LogP) is 1.10. The summed E-state index contributed by atoms with van der Waals surface area (Å²) in [7, 11) is 2.14. The molecule has 0 saturated heterocycles. The maximum atomic E-state index is 5.50. The number of aromatic nitrogens is 2. The predicted molar refractivity (Wildman–Crippen MR) is 53.4 cm³/mol. The van der Waals surface area contributed by atoms with E-state index < -0.39 is 0 Å². The van der Waals surface area contributed by atoms with Crippen LogP contribution < -0.4 is 5.73 Å². The van der Waals surface area contributed by atoms with Crippen LogP contribution in [0.1, 0.15) is 24.3 Å². The second-order valence-corrected chi connectivity index (χ2v) is 4.63. The van der Waals surface area contributed by atoms with E-state index in [4.69, 9.17) is 5.73 Å². The van der Waals surface area contributed by atoms with Gasteiger partial charge in [0, 0.05) is 6.04 Å². The summed E-state index contributed by atoms with van der Waals surface area (Å²) in [5.41, 5.74) is 5.50. The Hall–Kier alpha value is -0.680. The minimum Gasteiger partial charge on any atom is -0.374 e. The minimum absolute atomic E-state index is 0.567. The highest BCUT2D eigenvalue weighted by Gasteiger charge is 2.22. The van der Waals surface area contributed by atoms with E-state index in [9.17, 15) is 0 Å². The molecule has 0 bridgehead atoms. The van der Waals surface area contributed by atoms with Crippen molar-refractivity contribution in [2.24, 2.45) is 0 Å². The maximum Gasteiger partial charge on any atom is 0.203 e. The third-order valence-electron chi connectivity index (χ3n) is 2.57. The van der Waals surface area contributed by atoms with Crippen molar-refractivity contribution in [2.75, 3.05) is 12.8 Å². The van der Waals surface area contributed by atoms with Crippen LogP contribution in [-0.2, 0) is 6.54 Å². The third-order valence-corrected chi connectivity index (χ3v) is 3.30. The molecule has 13 heavy (non-hydrogen) atoms. The summed E-state index contributed by atoms with van der Waals surface area (Å²) in [6.07, 6.45) is 4.02. The van der Waals surface area contributed by atoms with Gasteiger partial charge in [-0.25, -0.2) is 0 Å². The van der Waals surface area contributed by atoms with E-state index in [0.29, 0.717) is 5.13 Å². The molecule has 0 unspecified atom stereocenters. The third kappa shape index (κ3) is 1.97. The summed E-state index contributed by atoms with van der Waals surface area (Å²) in [6, 6.07) is 0.755. The molecule has 72 valence electrons. The van der Waals surface area contributed by atoms with Gasteiger partial charge in [-0.15, -0.1) is 10.2 Å². The average Bonchev–Trinajstić information content (AvgIpc) is 2.31. The fourth-order valence-electron chi connectivity index (χ4n) is 1.50. The van der Waals surface area contributed by atoms with E-state index >= 15 is 0 Å². The van der Waals surface area contributed by atoms with Crippen molar-refractivity contribution in [3.8, 4) is 0 Å². The van der Waals surface area contributed by atoms with Crippen LogP contribution in [-0.4, -0.2) is 28.2 Å². The Bertz CT molecular complexity index is 281. The Morgan fingerprint density at radius 3 is 2.77 bits per heavy atom. The molecule has 0 atom stereocenters. The van der Waals surface area contributed by atoms with E-state index in [1.54, 1.807) is 0 Å². The molecule has 1 aromatic heterocycles. The Balaban J connectivity index is 1.89. The van der Waals surface area contributed by atoms with Crippen LogP contribution in [0.4, 0.5) is 5.13 Å². The maximum absolute atomic E-state index is 5.50. The van der Waals surface area contributed by atoms with Gasteiger partial charge >= 0.3 is 0 Å². The van der Waals surface area contributed by atoms with Gasteiger partial charge in [-0.05, 0) is 19.9 Å². The minimum atomic E-state index is 0.567. The molecule has 2 N–H and O–H groups in total. The van der Waals surface area contributed by atoms with Crippen molar-refractivity contribution in [2.45, 2.75) is 31.8 Å². The smallest absolute Gasteiger partial charge is 0.203 e. The van der Waals surface area contributed by atoms with Gasteiger partial charge in [0.05, 0.1) is 6.54 Å². The summed E-state index contributed by atoms with van der Waals surface area (Å²) in [5, 5.41) is 9.38.